The van der Waals surface area contributed by atoms with E-state index in [9.17, 15) is 9.59 Å². The minimum Gasteiger partial charge on any atom is -0.353 e. The number of aromatic nitrogens is 2. The van der Waals surface area contributed by atoms with Gasteiger partial charge in [-0.1, -0.05) is 62.9 Å². The summed E-state index contributed by atoms with van der Waals surface area (Å²) in [6.07, 6.45) is 8.93. The van der Waals surface area contributed by atoms with E-state index in [1.807, 2.05) is 24.3 Å². The number of nitrogens with zero attached hydrogens (tertiary/aromatic N) is 2. The molecule has 27 heavy (non-hydrogen) atoms. The summed E-state index contributed by atoms with van der Waals surface area (Å²) in [6, 6.07) is 7.77. The van der Waals surface area contributed by atoms with E-state index in [0.29, 0.717) is 34.4 Å². The summed E-state index contributed by atoms with van der Waals surface area (Å²) in [5, 5.41) is 4.40. The fraction of sp³-hybridized carbons (Fsp3) is 0.571. The van der Waals surface area contributed by atoms with E-state index in [-0.39, 0.29) is 11.5 Å². The van der Waals surface area contributed by atoms with Crippen molar-refractivity contribution < 1.29 is 4.79 Å². The van der Waals surface area contributed by atoms with Gasteiger partial charge in [-0.3, -0.25) is 14.2 Å². The number of carbonyl (C=O) groups excluding carboxylic acids is 1. The van der Waals surface area contributed by atoms with Crippen LogP contribution in [0.1, 0.15) is 58.3 Å². The molecule has 5 nitrogen and oxygen atoms in total. The van der Waals surface area contributed by atoms with Crippen LogP contribution >= 0.6 is 11.8 Å². The van der Waals surface area contributed by atoms with Gasteiger partial charge in [0.15, 0.2) is 5.16 Å². The number of thioether (sulfide) groups is 1. The topological polar surface area (TPSA) is 64.0 Å². The second-order valence-corrected chi connectivity index (χ2v) is 8.21. The standard InChI is InChI=1S/C21H29N3O2S/c1-2-3-4-9-14-24-20(26)17-12-7-8-13-18(17)23-21(24)27-15-19(25)22-16-10-5-6-11-16/h7-8,12-13,16H,2-6,9-11,14-15H2,1H3,(H,22,25). The van der Waals surface area contributed by atoms with Crippen molar-refractivity contribution in [3.8, 4) is 0 Å². The molecule has 1 aliphatic carbocycles. The molecule has 1 saturated carbocycles. The highest BCUT2D eigenvalue weighted by Gasteiger charge is 2.18. The summed E-state index contributed by atoms with van der Waals surface area (Å²) in [4.78, 5) is 29.9. The molecule has 0 saturated heterocycles. The maximum Gasteiger partial charge on any atom is 0.262 e. The van der Waals surface area contributed by atoms with Crippen LogP contribution in [0.2, 0.25) is 0 Å². The van der Waals surface area contributed by atoms with Crippen molar-refractivity contribution in [1.29, 1.82) is 0 Å². The minimum atomic E-state index is -0.00389. The van der Waals surface area contributed by atoms with Crippen LogP contribution in [-0.4, -0.2) is 27.3 Å². The number of carbonyl (C=O) groups is 1. The zero-order chi connectivity index (χ0) is 19.1. The van der Waals surface area contributed by atoms with Gasteiger partial charge in [0, 0.05) is 12.6 Å². The Morgan fingerprint density at radius 2 is 2.00 bits per heavy atom. The third-order valence-corrected chi connectivity index (χ3v) is 6.09. The fourth-order valence-corrected chi connectivity index (χ4v) is 4.46. The first-order valence-electron chi connectivity index (χ1n) is 10.1. The smallest absolute Gasteiger partial charge is 0.262 e. The van der Waals surface area contributed by atoms with Crippen LogP contribution in [-0.2, 0) is 11.3 Å². The highest BCUT2D eigenvalue weighted by atomic mass is 32.2. The molecular formula is C21H29N3O2S. The lowest BCUT2D eigenvalue weighted by atomic mass is 10.2. The average molecular weight is 388 g/mol. The largest absolute Gasteiger partial charge is 0.353 e. The van der Waals surface area contributed by atoms with Crippen molar-refractivity contribution in [2.45, 2.75) is 76.0 Å². The number of fused-ring (bicyclic) bond motifs is 1. The van der Waals surface area contributed by atoms with E-state index >= 15 is 0 Å². The molecule has 1 fully saturated rings. The molecule has 0 atom stereocenters. The lowest BCUT2D eigenvalue weighted by molar-refractivity contribution is -0.119. The predicted octanol–water partition coefficient (Wildman–Crippen LogP) is 4.13. The van der Waals surface area contributed by atoms with Crippen LogP contribution in [0.5, 0.6) is 0 Å². The maximum atomic E-state index is 12.9. The minimum absolute atomic E-state index is 0.00389. The Hall–Kier alpha value is -1.82. The van der Waals surface area contributed by atoms with Gasteiger partial charge in [0.2, 0.25) is 5.91 Å². The molecule has 2 aromatic rings. The average Bonchev–Trinajstić information content (AvgIpc) is 3.18. The molecule has 1 aromatic heterocycles. The van der Waals surface area contributed by atoms with Gasteiger partial charge in [0.1, 0.15) is 0 Å². The number of hydrogen-bond acceptors (Lipinski definition) is 4. The van der Waals surface area contributed by atoms with Crippen LogP contribution in [0.3, 0.4) is 0 Å². The number of amides is 1. The molecule has 0 radical (unpaired) electrons. The Bertz CT molecular complexity index is 828. The predicted molar refractivity (Wildman–Crippen MR) is 111 cm³/mol. The molecule has 1 heterocycles. The Kier molecular flexibility index (Phi) is 7.33. The Labute approximate surface area is 164 Å². The van der Waals surface area contributed by atoms with Crippen LogP contribution in [0.25, 0.3) is 10.9 Å². The van der Waals surface area contributed by atoms with Crippen molar-refractivity contribution >= 4 is 28.6 Å². The molecule has 0 aliphatic heterocycles. The van der Waals surface area contributed by atoms with E-state index in [4.69, 9.17) is 0 Å². The monoisotopic (exact) mass is 387 g/mol. The lowest BCUT2D eigenvalue weighted by Gasteiger charge is -2.14. The second kappa shape index (κ2) is 9.93. The number of para-hydroxylation sites is 1. The number of nitrogens with one attached hydrogen (secondary N) is 1. The molecule has 1 aliphatic rings. The molecule has 0 unspecified atom stereocenters. The first kappa shape index (κ1) is 19.9. The van der Waals surface area contributed by atoms with Crippen molar-refractivity contribution in [2.24, 2.45) is 0 Å². The summed E-state index contributed by atoms with van der Waals surface area (Å²) >= 11 is 1.37. The SMILES string of the molecule is CCCCCCn1c(SCC(=O)NC2CCCC2)nc2ccccc2c1=O. The van der Waals surface area contributed by atoms with Gasteiger partial charge in [-0.25, -0.2) is 4.98 Å². The van der Waals surface area contributed by atoms with Crippen LogP contribution in [0.15, 0.2) is 34.2 Å². The second-order valence-electron chi connectivity index (χ2n) is 7.27. The lowest BCUT2D eigenvalue weighted by Crippen LogP contribution is -2.34. The van der Waals surface area contributed by atoms with E-state index in [2.05, 4.69) is 17.2 Å². The summed E-state index contributed by atoms with van der Waals surface area (Å²) in [6.45, 7) is 2.83. The summed E-state index contributed by atoms with van der Waals surface area (Å²) in [5.41, 5.74) is 0.696. The molecule has 0 spiro atoms. The zero-order valence-electron chi connectivity index (χ0n) is 16.1. The van der Waals surface area contributed by atoms with E-state index < -0.39 is 0 Å². The van der Waals surface area contributed by atoms with Gasteiger partial charge in [-0.2, -0.15) is 0 Å². The van der Waals surface area contributed by atoms with Crippen LogP contribution < -0.4 is 10.9 Å². The Morgan fingerprint density at radius 3 is 2.78 bits per heavy atom. The maximum absolute atomic E-state index is 12.9. The van der Waals surface area contributed by atoms with Crippen LogP contribution in [0, 0.1) is 0 Å². The van der Waals surface area contributed by atoms with Gasteiger partial charge in [-0.15, -0.1) is 0 Å². The van der Waals surface area contributed by atoms with Crippen molar-refractivity contribution in [3.63, 3.8) is 0 Å². The van der Waals surface area contributed by atoms with Gasteiger partial charge in [0.05, 0.1) is 16.7 Å². The number of hydrogen-bond donors (Lipinski definition) is 1. The third kappa shape index (κ3) is 5.34. The molecule has 3 rings (SSSR count). The fourth-order valence-electron chi connectivity index (χ4n) is 3.62. The molecule has 0 bridgehead atoms. The third-order valence-electron chi connectivity index (χ3n) is 5.11. The zero-order valence-corrected chi connectivity index (χ0v) is 16.9. The van der Waals surface area contributed by atoms with Crippen molar-refractivity contribution in [1.82, 2.24) is 14.9 Å². The summed E-state index contributed by atoms with van der Waals surface area (Å²) < 4.78 is 1.76. The van der Waals surface area contributed by atoms with E-state index in [0.717, 1.165) is 32.1 Å². The number of rotatable bonds is 9. The van der Waals surface area contributed by atoms with E-state index in [1.54, 1.807) is 4.57 Å². The summed E-state index contributed by atoms with van der Waals surface area (Å²) in [5.74, 6) is 0.336. The number of unbranched alkanes of at least 4 members (excludes halogenated alkanes) is 3. The molecule has 146 valence electrons. The van der Waals surface area contributed by atoms with Gasteiger partial charge in [-0.05, 0) is 31.4 Å². The highest BCUT2D eigenvalue weighted by molar-refractivity contribution is 7.99. The molecule has 1 aromatic carbocycles. The summed E-state index contributed by atoms with van der Waals surface area (Å²) in [7, 11) is 0. The van der Waals surface area contributed by atoms with Gasteiger partial charge in [0.25, 0.3) is 5.56 Å². The van der Waals surface area contributed by atoms with Crippen molar-refractivity contribution in [2.75, 3.05) is 5.75 Å². The molecule has 1 amide bonds. The molecule has 6 heteroatoms. The van der Waals surface area contributed by atoms with E-state index in [1.165, 1.54) is 31.0 Å². The normalized spacial score (nSPS) is 14.7. The van der Waals surface area contributed by atoms with Gasteiger partial charge >= 0.3 is 0 Å². The van der Waals surface area contributed by atoms with Gasteiger partial charge < -0.3 is 5.32 Å². The quantitative estimate of drug-likeness (QED) is 0.399. The Balaban J connectivity index is 1.74. The first-order chi connectivity index (χ1) is 13.2. The first-order valence-corrected chi connectivity index (χ1v) is 11.1. The Morgan fingerprint density at radius 1 is 1.22 bits per heavy atom. The number of benzene rings is 1. The molecular weight excluding hydrogens is 358 g/mol. The molecule has 1 N–H and O–H groups in total. The van der Waals surface area contributed by atoms with Crippen LogP contribution in [0.4, 0.5) is 0 Å². The highest BCUT2D eigenvalue weighted by Crippen LogP contribution is 2.20. The van der Waals surface area contributed by atoms with Crippen molar-refractivity contribution in [3.05, 3.63) is 34.6 Å².